The number of ether oxygens (including phenoxy) is 5. The molecular weight excluding hydrogens is 674 g/mol. The second-order valence-electron chi connectivity index (χ2n) is 18.5. The highest BCUT2D eigenvalue weighted by Gasteiger charge is 2.54. The minimum absolute atomic E-state index is 0.143. The van der Waals surface area contributed by atoms with Crippen molar-refractivity contribution in [1.29, 1.82) is 0 Å². The van der Waals surface area contributed by atoms with Gasteiger partial charge >= 0.3 is 12.3 Å². The second kappa shape index (κ2) is 13.6. The van der Waals surface area contributed by atoms with Crippen LogP contribution >= 0.6 is 0 Å². The van der Waals surface area contributed by atoms with Crippen molar-refractivity contribution in [2.45, 2.75) is 134 Å². The van der Waals surface area contributed by atoms with Crippen molar-refractivity contribution in [3.05, 3.63) is 12.2 Å². The lowest BCUT2D eigenvalue weighted by Gasteiger charge is -2.57. The predicted octanol–water partition coefficient (Wildman–Crippen LogP) is 7.68. The zero-order valence-corrected chi connectivity index (χ0v) is 31.1. The molecule has 8 bridgehead atoms. The fraction of sp³-hybridized carbons (Fsp3) is 0.780. The molecular formula is C41H55N5O7. The van der Waals surface area contributed by atoms with Crippen molar-refractivity contribution >= 4 is 29.3 Å². The van der Waals surface area contributed by atoms with Crippen molar-refractivity contribution in [2.24, 2.45) is 46.3 Å². The van der Waals surface area contributed by atoms with Gasteiger partial charge < -0.3 is 29.4 Å². The molecule has 0 spiro atoms. The molecule has 8 saturated carbocycles. The van der Waals surface area contributed by atoms with Gasteiger partial charge in [-0.3, -0.25) is 4.57 Å². The Balaban J connectivity index is 0.820. The lowest BCUT2D eigenvalue weighted by atomic mass is 9.48. The number of nitrogens with two attached hydrogens (primary N) is 1. The van der Waals surface area contributed by atoms with Crippen LogP contribution in [0.3, 0.4) is 0 Å². The van der Waals surface area contributed by atoms with Crippen LogP contribution in [-0.2, 0) is 23.7 Å². The molecule has 286 valence electrons. The second-order valence-corrected chi connectivity index (χ2v) is 18.5. The molecule has 1 saturated heterocycles. The third kappa shape index (κ3) is 6.85. The summed E-state index contributed by atoms with van der Waals surface area (Å²) in [5.74, 6) is 8.66. The number of imidazole rings is 1. The Bertz CT molecular complexity index is 1700. The van der Waals surface area contributed by atoms with E-state index in [1.807, 2.05) is 0 Å². The lowest BCUT2D eigenvalue weighted by Crippen LogP contribution is -2.46. The maximum absolute atomic E-state index is 13.2. The van der Waals surface area contributed by atoms with E-state index in [1.165, 1.54) is 77.0 Å². The summed E-state index contributed by atoms with van der Waals surface area (Å²) >= 11 is 0. The smallest absolute Gasteiger partial charge is 0.434 e. The van der Waals surface area contributed by atoms with Crippen molar-refractivity contribution in [2.75, 3.05) is 25.6 Å². The van der Waals surface area contributed by atoms with Crippen LogP contribution in [0.15, 0.2) is 6.33 Å². The van der Waals surface area contributed by atoms with Crippen LogP contribution in [0.2, 0.25) is 0 Å². The van der Waals surface area contributed by atoms with E-state index in [0.717, 1.165) is 61.2 Å². The summed E-state index contributed by atoms with van der Waals surface area (Å²) in [6.45, 7) is 1.92. The van der Waals surface area contributed by atoms with Gasteiger partial charge in [0.1, 0.15) is 24.2 Å². The van der Waals surface area contributed by atoms with Crippen LogP contribution < -0.4 is 5.73 Å². The first-order chi connectivity index (χ1) is 25.6. The number of aromatic nitrogens is 4. The fourth-order valence-electron chi connectivity index (χ4n) is 13.4. The van der Waals surface area contributed by atoms with Gasteiger partial charge in [0, 0.05) is 6.42 Å². The van der Waals surface area contributed by atoms with Gasteiger partial charge in [0.2, 0.25) is 5.60 Å². The van der Waals surface area contributed by atoms with Gasteiger partial charge in [-0.25, -0.2) is 24.5 Å². The van der Waals surface area contributed by atoms with Gasteiger partial charge in [-0.1, -0.05) is 5.92 Å². The molecule has 0 unspecified atom stereocenters. The minimum Gasteiger partial charge on any atom is -0.434 e. The van der Waals surface area contributed by atoms with E-state index in [0.29, 0.717) is 27.8 Å². The molecule has 2 aromatic rings. The van der Waals surface area contributed by atoms with Crippen LogP contribution in [0.5, 0.6) is 0 Å². The Hall–Kier alpha value is -3.59. The Morgan fingerprint density at radius 3 is 1.89 bits per heavy atom. The molecule has 12 heteroatoms. The van der Waals surface area contributed by atoms with E-state index in [4.69, 9.17) is 35.8 Å². The van der Waals surface area contributed by atoms with E-state index >= 15 is 0 Å². The number of carbonyl (C=O) groups excluding carboxylic acids is 2. The first kappa shape index (κ1) is 35.1. The van der Waals surface area contributed by atoms with Gasteiger partial charge in [0.05, 0.1) is 19.5 Å². The molecule has 9 fully saturated rings. The number of anilines is 1. The van der Waals surface area contributed by atoms with E-state index in [2.05, 4.69) is 20.9 Å². The third-order valence-electron chi connectivity index (χ3n) is 14.5. The summed E-state index contributed by atoms with van der Waals surface area (Å²) in [5, 5.41) is 0. The summed E-state index contributed by atoms with van der Waals surface area (Å²) < 4.78 is 30.8. The first-order valence-corrected chi connectivity index (χ1v) is 20.3. The molecule has 11 rings (SSSR count). The Kier molecular flexibility index (Phi) is 9.02. The number of rotatable bonds is 12. The first-order valence-electron chi connectivity index (χ1n) is 20.3. The highest BCUT2D eigenvalue weighted by Crippen LogP contribution is 2.62. The maximum atomic E-state index is 13.2. The molecule has 1 aliphatic heterocycles. The number of nitrogens with zero attached hydrogens (tertiary/aromatic N) is 4. The molecule has 0 radical (unpaired) electrons. The molecule has 2 N–H and O–H groups in total. The van der Waals surface area contributed by atoms with Crippen molar-refractivity contribution in [1.82, 2.24) is 19.5 Å². The molecule has 3 heterocycles. The number of hydrogen-bond donors (Lipinski definition) is 1. The van der Waals surface area contributed by atoms with Crippen LogP contribution in [0, 0.1) is 65.6 Å². The summed E-state index contributed by atoms with van der Waals surface area (Å²) in [5.41, 5.74) is 6.23. The number of carbonyl (C=O) groups is 2. The SMILES string of the molecule is C#C[C@]1(COC(=O)OCCCC23CC4CC(CC(C4)C2)C3)O[C@@H](n2cnc3c(N)nc(C)nc32)C[C@@H]1OC(=O)OCCCC12CC3CC(CC(C3)C1)C2. The molecule has 2 aromatic heterocycles. The minimum atomic E-state index is -1.61. The van der Waals surface area contributed by atoms with E-state index in [-0.39, 0.29) is 32.1 Å². The van der Waals surface area contributed by atoms with E-state index in [1.54, 1.807) is 17.8 Å². The predicted molar refractivity (Wildman–Crippen MR) is 194 cm³/mol. The number of aryl methyl sites for hydroxylation is 1. The summed E-state index contributed by atoms with van der Waals surface area (Å²) in [6, 6.07) is 0. The highest BCUT2D eigenvalue weighted by atomic mass is 16.7. The van der Waals surface area contributed by atoms with E-state index in [9.17, 15) is 9.59 Å². The molecule has 9 aliphatic rings. The number of nitrogen functional groups attached to an aromatic ring is 1. The molecule has 53 heavy (non-hydrogen) atoms. The largest absolute Gasteiger partial charge is 0.508 e. The topological polar surface area (TPSA) is 150 Å². The lowest BCUT2D eigenvalue weighted by molar-refractivity contribution is -0.106. The molecule has 0 amide bonds. The Morgan fingerprint density at radius 2 is 1.36 bits per heavy atom. The zero-order valence-electron chi connectivity index (χ0n) is 31.1. The fourth-order valence-corrected chi connectivity index (χ4v) is 13.4. The summed E-state index contributed by atoms with van der Waals surface area (Å²) in [6.07, 6.45) is 24.5. The van der Waals surface area contributed by atoms with Gasteiger partial charge in [0.15, 0.2) is 17.6 Å². The van der Waals surface area contributed by atoms with Crippen molar-refractivity contribution < 1.29 is 33.3 Å². The van der Waals surface area contributed by atoms with Crippen LogP contribution in [0.4, 0.5) is 15.4 Å². The molecule has 8 aliphatic carbocycles. The normalized spacial score (nSPS) is 38.9. The van der Waals surface area contributed by atoms with Crippen molar-refractivity contribution in [3.63, 3.8) is 0 Å². The summed E-state index contributed by atoms with van der Waals surface area (Å²) in [4.78, 5) is 39.3. The van der Waals surface area contributed by atoms with E-state index < -0.39 is 30.2 Å². The van der Waals surface area contributed by atoms with Gasteiger partial charge in [0.25, 0.3) is 0 Å². The van der Waals surface area contributed by atoms with Gasteiger partial charge in [-0.05, 0) is 156 Å². The van der Waals surface area contributed by atoms with Crippen LogP contribution in [0.25, 0.3) is 11.2 Å². The Morgan fingerprint density at radius 1 is 0.830 bits per heavy atom. The number of terminal acetylenes is 1. The van der Waals surface area contributed by atoms with Crippen LogP contribution in [0.1, 0.15) is 121 Å². The standard InChI is InChI=1S/C41H55N5O7/c1-3-41(23-51-37(47)49-8-4-6-39-17-26-10-27(18-39)12-28(11-26)19-39)32(16-33(53-41)46-24-43-34-35(42)44-25(2)45-36(34)46)52-38(48)50-9-5-7-40-20-29-13-30(21-40)15-31(14-29)22-40/h1,24,26-33H,4-23H2,2H3,(H2,42,44,45)/t26?,27?,28?,29?,30?,31?,32-,33+,39?,40?,41+/m0/s1. The summed E-state index contributed by atoms with van der Waals surface area (Å²) in [7, 11) is 0. The van der Waals surface area contributed by atoms with Gasteiger partial charge in [-0.15, -0.1) is 6.42 Å². The highest BCUT2D eigenvalue weighted by molar-refractivity contribution is 5.81. The maximum Gasteiger partial charge on any atom is 0.508 e. The van der Waals surface area contributed by atoms with Gasteiger partial charge in [-0.2, -0.15) is 0 Å². The average Bonchev–Trinajstić information content (AvgIpc) is 3.68. The molecule has 12 nitrogen and oxygen atoms in total. The van der Waals surface area contributed by atoms with Crippen molar-refractivity contribution in [3.8, 4) is 12.3 Å². The number of hydrogen-bond acceptors (Lipinski definition) is 11. The number of fused-ring (bicyclic) bond motifs is 1. The monoisotopic (exact) mass is 729 g/mol. The Labute approximate surface area is 312 Å². The quantitative estimate of drug-likeness (QED) is 0.130. The van der Waals surface area contributed by atoms with Crippen LogP contribution in [-0.4, -0.2) is 63.4 Å². The molecule has 0 aromatic carbocycles. The average molecular weight is 730 g/mol. The zero-order chi connectivity index (χ0) is 36.4. The molecule has 3 atom stereocenters. The third-order valence-corrected chi connectivity index (χ3v) is 14.5.